The molecule has 0 radical (unpaired) electrons. The zero-order chi connectivity index (χ0) is 22.3. The third-order valence-corrected chi connectivity index (χ3v) is 4.69. The second-order valence-electron chi connectivity index (χ2n) is 6.59. The van der Waals surface area contributed by atoms with E-state index in [-0.39, 0.29) is 23.1 Å². The molecule has 0 unspecified atom stereocenters. The topological polar surface area (TPSA) is 56.3 Å². The molecule has 2 aromatic rings. The van der Waals surface area contributed by atoms with Crippen molar-refractivity contribution in [2.45, 2.75) is 72.6 Å². The lowest BCUT2D eigenvalue weighted by atomic mass is 10.1. The van der Waals surface area contributed by atoms with Crippen LogP contribution in [0.3, 0.4) is 0 Å². The number of hydrogen-bond acceptors (Lipinski definition) is 5. The van der Waals surface area contributed by atoms with Gasteiger partial charge in [0.25, 0.3) is 0 Å². The molecular weight excluding hydrogens is 402 g/mol. The smallest absolute Gasteiger partial charge is 0.387 e. The van der Waals surface area contributed by atoms with E-state index in [1.807, 2.05) is 13.8 Å². The summed E-state index contributed by atoms with van der Waals surface area (Å²) in [5.41, 5.74) is 1.89. The molecule has 166 valence electrons. The Balaban J connectivity index is 2.58. The minimum absolute atomic E-state index is 0.240. The minimum atomic E-state index is -3.13. The van der Waals surface area contributed by atoms with Gasteiger partial charge in [-0.1, -0.05) is 27.7 Å². The van der Waals surface area contributed by atoms with Crippen molar-refractivity contribution in [1.82, 2.24) is 9.97 Å². The third kappa shape index (κ3) is 5.96. The van der Waals surface area contributed by atoms with Gasteiger partial charge < -0.3 is 14.8 Å². The molecule has 0 saturated heterocycles. The average molecular weight is 429 g/mol. The molecule has 0 atom stereocenters. The Morgan fingerprint density at radius 1 is 0.867 bits per heavy atom. The number of ether oxygens (including phenoxy) is 2. The molecule has 1 aromatic carbocycles. The van der Waals surface area contributed by atoms with Crippen LogP contribution in [0.15, 0.2) is 18.2 Å². The quantitative estimate of drug-likeness (QED) is 0.439. The standard InChI is InChI=1S/C21H27F4N3O2/c1-5-12(6-2)26-19-16(8-4)27-18(15(7-3)28-19)14-10-9-13(29-20(22)23)11-17(14)30-21(24)25/h9-12,20-21H,5-8H2,1-4H3,(H,26,28). The number of aryl methyl sites for hydroxylation is 2. The number of nitrogens with one attached hydrogen (secondary N) is 1. The number of hydrogen-bond donors (Lipinski definition) is 1. The Kier molecular flexibility index (Phi) is 8.68. The van der Waals surface area contributed by atoms with Crippen molar-refractivity contribution >= 4 is 5.82 Å². The average Bonchev–Trinajstić information content (AvgIpc) is 2.71. The molecule has 1 heterocycles. The first-order valence-electron chi connectivity index (χ1n) is 10.0. The van der Waals surface area contributed by atoms with Crippen LogP contribution >= 0.6 is 0 Å². The van der Waals surface area contributed by atoms with Crippen LogP contribution in [0.5, 0.6) is 11.5 Å². The molecule has 0 aliphatic carbocycles. The highest BCUT2D eigenvalue weighted by Gasteiger charge is 2.21. The summed E-state index contributed by atoms with van der Waals surface area (Å²) in [4.78, 5) is 9.37. The molecule has 0 aliphatic heterocycles. The molecule has 30 heavy (non-hydrogen) atoms. The first-order valence-corrected chi connectivity index (χ1v) is 10.0. The van der Waals surface area contributed by atoms with E-state index in [0.717, 1.165) is 18.9 Å². The second-order valence-corrected chi connectivity index (χ2v) is 6.59. The molecule has 0 saturated carbocycles. The van der Waals surface area contributed by atoms with Crippen LogP contribution in [0, 0.1) is 0 Å². The predicted octanol–water partition coefficient (Wildman–Crippen LogP) is 6.07. The Hall–Kier alpha value is -2.58. The van der Waals surface area contributed by atoms with E-state index in [4.69, 9.17) is 4.98 Å². The van der Waals surface area contributed by atoms with E-state index >= 15 is 0 Å². The van der Waals surface area contributed by atoms with Crippen LogP contribution in [0.4, 0.5) is 23.4 Å². The second kappa shape index (κ2) is 11.0. The Labute approximate surface area is 173 Å². The maximum absolute atomic E-state index is 13.0. The van der Waals surface area contributed by atoms with E-state index in [9.17, 15) is 17.6 Å². The summed E-state index contributed by atoms with van der Waals surface area (Å²) in [6.45, 7) is 1.74. The van der Waals surface area contributed by atoms with Gasteiger partial charge in [-0.2, -0.15) is 17.6 Å². The summed E-state index contributed by atoms with van der Waals surface area (Å²) < 4.78 is 59.9. The van der Waals surface area contributed by atoms with Crippen molar-refractivity contribution in [2.75, 3.05) is 5.32 Å². The molecule has 2 rings (SSSR count). The number of benzene rings is 1. The summed E-state index contributed by atoms with van der Waals surface area (Å²) in [6.07, 6.45) is 2.91. The molecule has 9 heteroatoms. The largest absolute Gasteiger partial charge is 0.435 e. The molecule has 0 fully saturated rings. The summed E-state index contributed by atoms with van der Waals surface area (Å²) in [5.74, 6) is 0.0915. The Bertz CT molecular complexity index is 830. The van der Waals surface area contributed by atoms with Crippen molar-refractivity contribution in [3.63, 3.8) is 0 Å². The molecule has 1 aromatic heterocycles. The van der Waals surface area contributed by atoms with Gasteiger partial charge in [0, 0.05) is 17.7 Å². The maximum atomic E-state index is 13.0. The summed E-state index contributed by atoms with van der Waals surface area (Å²) in [6, 6.07) is 3.90. The number of alkyl halides is 4. The number of halogens is 4. The van der Waals surface area contributed by atoms with Gasteiger partial charge in [-0.05, 0) is 37.8 Å². The lowest BCUT2D eigenvalue weighted by Gasteiger charge is -2.20. The maximum Gasteiger partial charge on any atom is 0.387 e. The fourth-order valence-electron chi connectivity index (χ4n) is 3.08. The summed E-state index contributed by atoms with van der Waals surface area (Å²) >= 11 is 0. The van der Waals surface area contributed by atoms with E-state index in [1.165, 1.54) is 12.1 Å². The fourth-order valence-corrected chi connectivity index (χ4v) is 3.08. The van der Waals surface area contributed by atoms with Gasteiger partial charge in [0.2, 0.25) is 0 Å². The monoisotopic (exact) mass is 429 g/mol. The molecule has 0 aliphatic rings. The molecule has 0 spiro atoms. The SMILES string of the molecule is CCc1nc(-c2ccc(OC(F)F)cc2OC(F)F)c(CC)nc1NC(CC)CC. The fraction of sp³-hybridized carbons (Fsp3) is 0.524. The van der Waals surface area contributed by atoms with Gasteiger partial charge >= 0.3 is 13.2 Å². The van der Waals surface area contributed by atoms with E-state index in [1.54, 1.807) is 0 Å². The molecule has 5 nitrogen and oxygen atoms in total. The van der Waals surface area contributed by atoms with Crippen LogP contribution < -0.4 is 14.8 Å². The number of anilines is 1. The lowest BCUT2D eigenvalue weighted by molar-refractivity contribution is -0.0540. The number of aromatic nitrogens is 2. The normalized spacial score (nSPS) is 11.4. The first-order chi connectivity index (χ1) is 14.3. The Morgan fingerprint density at radius 3 is 2.03 bits per heavy atom. The van der Waals surface area contributed by atoms with E-state index in [0.29, 0.717) is 35.7 Å². The summed E-state index contributed by atoms with van der Waals surface area (Å²) in [5, 5.41) is 3.40. The van der Waals surface area contributed by atoms with E-state index < -0.39 is 13.2 Å². The number of rotatable bonds is 11. The van der Waals surface area contributed by atoms with Gasteiger partial charge in [-0.15, -0.1) is 0 Å². The highest BCUT2D eigenvalue weighted by atomic mass is 19.3. The lowest BCUT2D eigenvalue weighted by Crippen LogP contribution is -2.20. The Morgan fingerprint density at radius 2 is 1.50 bits per heavy atom. The molecule has 1 N–H and O–H groups in total. The van der Waals surface area contributed by atoms with Crippen molar-refractivity contribution in [3.8, 4) is 22.8 Å². The van der Waals surface area contributed by atoms with Gasteiger partial charge in [-0.3, -0.25) is 0 Å². The van der Waals surface area contributed by atoms with Crippen LogP contribution in [-0.2, 0) is 12.8 Å². The molecular formula is C21H27F4N3O2. The molecule has 0 amide bonds. The van der Waals surface area contributed by atoms with Crippen LogP contribution in [0.25, 0.3) is 11.3 Å². The highest BCUT2D eigenvalue weighted by molar-refractivity contribution is 5.71. The zero-order valence-corrected chi connectivity index (χ0v) is 17.5. The van der Waals surface area contributed by atoms with Gasteiger partial charge in [0.1, 0.15) is 17.3 Å². The summed E-state index contributed by atoms with van der Waals surface area (Å²) in [7, 11) is 0. The van der Waals surface area contributed by atoms with Gasteiger partial charge in [-0.25, -0.2) is 9.97 Å². The van der Waals surface area contributed by atoms with E-state index in [2.05, 4.69) is 33.6 Å². The van der Waals surface area contributed by atoms with Crippen LogP contribution in [0.1, 0.15) is 51.9 Å². The minimum Gasteiger partial charge on any atom is -0.435 e. The zero-order valence-electron chi connectivity index (χ0n) is 17.5. The van der Waals surface area contributed by atoms with Gasteiger partial charge in [0.05, 0.1) is 17.1 Å². The predicted molar refractivity (Wildman–Crippen MR) is 107 cm³/mol. The molecule has 0 bridgehead atoms. The van der Waals surface area contributed by atoms with Crippen molar-refractivity contribution in [3.05, 3.63) is 29.6 Å². The number of nitrogens with zero attached hydrogens (tertiary/aromatic N) is 2. The van der Waals surface area contributed by atoms with Gasteiger partial charge in [0.15, 0.2) is 0 Å². The van der Waals surface area contributed by atoms with Crippen LogP contribution in [0.2, 0.25) is 0 Å². The van der Waals surface area contributed by atoms with Crippen molar-refractivity contribution in [2.24, 2.45) is 0 Å². The third-order valence-electron chi connectivity index (χ3n) is 4.69. The van der Waals surface area contributed by atoms with Crippen molar-refractivity contribution in [1.29, 1.82) is 0 Å². The highest BCUT2D eigenvalue weighted by Crippen LogP contribution is 2.36. The van der Waals surface area contributed by atoms with Crippen LogP contribution in [-0.4, -0.2) is 29.2 Å². The first kappa shape index (κ1) is 23.7. The van der Waals surface area contributed by atoms with Crippen molar-refractivity contribution < 1.29 is 27.0 Å².